The van der Waals surface area contributed by atoms with E-state index in [2.05, 4.69) is 33.3 Å². The average molecular weight is 223 g/mol. The number of aromatic nitrogens is 4. The van der Waals surface area contributed by atoms with E-state index in [4.69, 9.17) is 0 Å². The first-order valence-electron chi connectivity index (χ1n) is 5.44. The molecule has 2 aliphatic heterocycles. The van der Waals surface area contributed by atoms with Crippen molar-refractivity contribution < 1.29 is 0 Å². The van der Waals surface area contributed by atoms with Gasteiger partial charge in [0.25, 0.3) is 0 Å². The normalized spacial score (nSPS) is 10.9. The number of benzene rings is 1. The zero-order valence-electron chi connectivity index (χ0n) is 9.46. The lowest BCUT2D eigenvalue weighted by Crippen LogP contribution is -2.08. The second kappa shape index (κ2) is 3.97. The minimum absolute atomic E-state index is 0.659. The maximum absolute atomic E-state index is 4.39. The van der Waals surface area contributed by atoms with Crippen molar-refractivity contribution in [3.8, 4) is 11.5 Å². The Labute approximate surface area is 99.3 Å². The molecular weight excluding hydrogens is 212 g/mol. The first-order valence-corrected chi connectivity index (χ1v) is 5.44. The molecule has 0 amide bonds. The molecule has 4 heteroatoms. The maximum atomic E-state index is 4.39. The predicted molar refractivity (Wildman–Crippen MR) is 63.6 cm³/mol. The van der Waals surface area contributed by atoms with Gasteiger partial charge >= 0.3 is 0 Å². The number of fused-ring (bicyclic) bond motifs is 1. The Balaban J connectivity index is 2.01. The summed E-state index contributed by atoms with van der Waals surface area (Å²) >= 11 is 0. The second-order valence-electron chi connectivity index (χ2n) is 3.89. The van der Waals surface area contributed by atoms with Crippen molar-refractivity contribution >= 4 is 0 Å². The van der Waals surface area contributed by atoms with E-state index in [9.17, 15) is 0 Å². The highest BCUT2D eigenvalue weighted by Crippen LogP contribution is 2.14. The lowest BCUT2D eigenvalue weighted by Gasteiger charge is -2.10. The van der Waals surface area contributed by atoms with Gasteiger partial charge in [-0.25, -0.2) is 15.0 Å². The van der Waals surface area contributed by atoms with Crippen molar-refractivity contribution in [2.75, 3.05) is 0 Å². The van der Waals surface area contributed by atoms with E-state index < -0.39 is 0 Å². The predicted octanol–water partition coefficient (Wildman–Crippen LogP) is 1.93. The molecule has 0 bridgehead atoms. The van der Waals surface area contributed by atoms with E-state index in [-0.39, 0.29) is 0 Å². The van der Waals surface area contributed by atoms with Gasteiger partial charge in [0, 0.05) is 6.54 Å². The van der Waals surface area contributed by atoms with Crippen LogP contribution in [0.25, 0.3) is 11.5 Å². The second-order valence-corrected chi connectivity index (χ2v) is 3.89. The van der Waals surface area contributed by atoms with E-state index >= 15 is 0 Å². The Morgan fingerprint density at radius 3 is 2.82 bits per heavy atom. The molecule has 0 fully saturated rings. The number of hydrogen-bond acceptors (Lipinski definition) is 3. The summed E-state index contributed by atoms with van der Waals surface area (Å²) in [6.07, 6.45) is 4.72. The third-order valence-electron chi connectivity index (χ3n) is 2.66. The van der Waals surface area contributed by atoms with Crippen LogP contribution >= 0.6 is 0 Å². The van der Waals surface area contributed by atoms with E-state index in [1.807, 2.05) is 29.7 Å². The highest BCUT2D eigenvalue weighted by molar-refractivity contribution is 5.47. The van der Waals surface area contributed by atoms with Crippen LogP contribution in [0, 0.1) is 13.1 Å². The van der Waals surface area contributed by atoms with Gasteiger partial charge in [0.1, 0.15) is 17.8 Å². The Bertz CT molecular complexity index is 600. The zero-order valence-corrected chi connectivity index (χ0v) is 9.46. The Morgan fingerprint density at radius 1 is 1.18 bits per heavy atom. The maximum Gasteiger partial charge on any atom is 0.183 e. The average Bonchev–Trinajstić information content (AvgIpc) is 2.78. The van der Waals surface area contributed by atoms with Crippen LogP contribution in [0.15, 0.2) is 36.7 Å². The molecule has 1 aromatic carbocycles. The highest BCUT2D eigenvalue weighted by Gasteiger charge is 2.10. The Hall–Kier alpha value is -2.23. The summed E-state index contributed by atoms with van der Waals surface area (Å²) in [7, 11) is 0. The molecule has 0 spiro atoms. The Morgan fingerprint density at radius 2 is 2.00 bits per heavy atom. The number of hydrogen-bond donors (Lipinski definition) is 0. The van der Waals surface area contributed by atoms with E-state index in [0.717, 1.165) is 12.4 Å². The lowest BCUT2D eigenvalue weighted by atomic mass is 10.2. The van der Waals surface area contributed by atoms with Gasteiger partial charge in [-0.1, -0.05) is 30.3 Å². The van der Waals surface area contributed by atoms with Crippen molar-refractivity contribution in [2.45, 2.75) is 13.5 Å². The first kappa shape index (κ1) is 9.96. The van der Waals surface area contributed by atoms with Gasteiger partial charge in [0.2, 0.25) is 0 Å². The largest absolute Gasteiger partial charge is 0.322 e. The fourth-order valence-corrected chi connectivity index (χ4v) is 1.76. The summed E-state index contributed by atoms with van der Waals surface area (Å²) in [5.74, 6) is 1.55. The van der Waals surface area contributed by atoms with Gasteiger partial charge in [0.05, 0.1) is 6.20 Å². The van der Waals surface area contributed by atoms with Crippen molar-refractivity contribution in [1.82, 2.24) is 19.5 Å². The van der Waals surface area contributed by atoms with Crippen molar-refractivity contribution in [1.29, 1.82) is 0 Å². The van der Waals surface area contributed by atoms with Crippen LogP contribution in [0.4, 0.5) is 0 Å². The van der Waals surface area contributed by atoms with Gasteiger partial charge in [0.15, 0.2) is 5.82 Å². The van der Waals surface area contributed by atoms with Crippen molar-refractivity contribution in [3.63, 3.8) is 0 Å². The fourth-order valence-electron chi connectivity index (χ4n) is 1.76. The minimum atomic E-state index is 0.659. The van der Waals surface area contributed by atoms with Crippen LogP contribution in [0.1, 0.15) is 11.4 Å². The molecule has 0 aromatic heterocycles. The molecule has 2 heterocycles. The molecule has 0 atom stereocenters. The number of imidazole rings is 1. The SMILES string of the molecule is Cc1nc2ncnc-2[c]n1Cc1ccccc1. The molecule has 1 radical (unpaired) electrons. The molecule has 0 saturated heterocycles. The van der Waals surface area contributed by atoms with Crippen molar-refractivity contribution in [2.24, 2.45) is 0 Å². The number of aryl methyl sites for hydroxylation is 1. The number of rotatable bonds is 2. The summed E-state index contributed by atoms with van der Waals surface area (Å²) in [6.45, 7) is 2.70. The van der Waals surface area contributed by atoms with Crippen LogP contribution < -0.4 is 0 Å². The quantitative estimate of drug-likeness (QED) is 0.666. The summed E-state index contributed by atoms with van der Waals surface area (Å²) in [5.41, 5.74) is 1.93. The summed E-state index contributed by atoms with van der Waals surface area (Å²) < 4.78 is 1.96. The molecule has 0 saturated carbocycles. The summed E-state index contributed by atoms with van der Waals surface area (Å²) in [4.78, 5) is 12.6. The first-order chi connectivity index (χ1) is 8.33. The molecule has 1 aromatic rings. The molecular formula is C13H11N4. The number of nitrogens with zero attached hydrogens (tertiary/aromatic N) is 4. The van der Waals surface area contributed by atoms with E-state index in [1.54, 1.807) is 0 Å². The van der Waals surface area contributed by atoms with Crippen LogP contribution in [0.3, 0.4) is 0 Å². The van der Waals surface area contributed by atoms with Crippen LogP contribution in [-0.2, 0) is 6.54 Å². The lowest BCUT2D eigenvalue weighted by molar-refractivity contribution is 0.719. The van der Waals surface area contributed by atoms with Gasteiger partial charge in [-0.2, -0.15) is 0 Å². The van der Waals surface area contributed by atoms with Gasteiger partial charge < -0.3 is 4.57 Å². The minimum Gasteiger partial charge on any atom is -0.322 e. The zero-order chi connectivity index (χ0) is 11.7. The third-order valence-corrected chi connectivity index (χ3v) is 2.66. The summed E-state index contributed by atoms with van der Waals surface area (Å²) in [5, 5.41) is 0. The van der Waals surface area contributed by atoms with Gasteiger partial charge in [-0.05, 0) is 12.5 Å². The van der Waals surface area contributed by atoms with Gasteiger partial charge in [-0.3, -0.25) is 0 Å². The smallest absolute Gasteiger partial charge is 0.183 e. The Kier molecular flexibility index (Phi) is 2.33. The third kappa shape index (κ3) is 1.89. The van der Waals surface area contributed by atoms with Gasteiger partial charge in [-0.15, -0.1) is 0 Å². The monoisotopic (exact) mass is 223 g/mol. The topological polar surface area (TPSA) is 43.6 Å². The standard InChI is InChI=1S/C13H11N4/c1-10-16-13-12(14-9-15-13)8-17(10)7-11-5-3-2-4-6-11/h2-6,9H,7H2,1H3. The highest BCUT2D eigenvalue weighted by atomic mass is 15.1. The summed E-state index contributed by atoms with van der Waals surface area (Å²) in [6, 6.07) is 10.2. The fraction of sp³-hybridized carbons (Fsp3) is 0.154. The van der Waals surface area contributed by atoms with E-state index in [1.165, 1.54) is 11.9 Å². The van der Waals surface area contributed by atoms with E-state index in [0.29, 0.717) is 11.5 Å². The van der Waals surface area contributed by atoms with Crippen LogP contribution in [0.5, 0.6) is 0 Å². The molecule has 83 valence electrons. The molecule has 0 N–H and O–H groups in total. The molecule has 0 aliphatic carbocycles. The molecule has 3 rings (SSSR count). The molecule has 2 aliphatic rings. The molecule has 17 heavy (non-hydrogen) atoms. The molecule has 0 unspecified atom stereocenters. The van der Waals surface area contributed by atoms with Crippen LogP contribution in [0.2, 0.25) is 0 Å². The molecule has 4 nitrogen and oxygen atoms in total. The van der Waals surface area contributed by atoms with Crippen molar-refractivity contribution in [3.05, 3.63) is 54.2 Å². The van der Waals surface area contributed by atoms with Crippen LogP contribution in [-0.4, -0.2) is 19.5 Å².